The highest BCUT2D eigenvalue weighted by Gasteiger charge is 2.18. The number of carbonyl (C=O) groups is 2. The average Bonchev–Trinajstić information content (AvgIpc) is 2.50. The van der Waals surface area contributed by atoms with E-state index in [0.29, 0.717) is 5.16 Å². The molecule has 1 aromatic heterocycles. The number of aryl methyl sites for hydroxylation is 1. The highest BCUT2D eigenvalue weighted by atomic mass is 32.2. The Morgan fingerprint density at radius 1 is 1.60 bits per heavy atom. The van der Waals surface area contributed by atoms with E-state index in [0.717, 1.165) is 11.8 Å². The molecule has 0 aliphatic rings. The molecule has 1 unspecified atom stereocenters. The second-order valence-corrected chi connectivity index (χ2v) is 4.01. The van der Waals surface area contributed by atoms with Crippen LogP contribution < -0.4 is 11.1 Å². The number of aromatic nitrogens is 4. The van der Waals surface area contributed by atoms with Crippen LogP contribution in [0.3, 0.4) is 0 Å². The fourth-order valence-corrected chi connectivity index (χ4v) is 1.51. The van der Waals surface area contributed by atoms with E-state index in [1.807, 2.05) is 5.32 Å². The number of nitrogens with zero attached hydrogens (tertiary/aromatic N) is 4. The van der Waals surface area contributed by atoms with Crippen molar-refractivity contribution in [2.75, 3.05) is 0 Å². The Hall–Kier alpha value is -1.64. The SMILES string of the molecule is CC(Sc1nnnn1C)C(=O)NC(N)=O. The van der Waals surface area contributed by atoms with Gasteiger partial charge in [-0.25, -0.2) is 9.48 Å². The number of hydrogen-bond donors (Lipinski definition) is 2. The molecular weight excluding hydrogens is 220 g/mol. The first-order valence-corrected chi connectivity index (χ1v) is 4.88. The van der Waals surface area contributed by atoms with Crippen LogP contribution in [0.5, 0.6) is 0 Å². The van der Waals surface area contributed by atoms with Crippen molar-refractivity contribution in [1.82, 2.24) is 25.5 Å². The number of amides is 3. The molecule has 0 saturated heterocycles. The van der Waals surface area contributed by atoms with Gasteiger partial charge in [0.25, 0.3) is 0 Å². The van der Waals surface area contributed by atoms with Crippen LogP contribution in [0.25, 0.3) is 0 Å². The summed E-state index contributed by atoms with van der Waals surface area (Å²) in [6.45, 7) is 1.62. The van der Waals surface area contributed by atoms with Gasteiger partial charge < -0.3 is 5.73 Å². The second kappa shape index (κ2) is 4.73. The van der Waals surface area contributed by atoms with Gasteiger partial charge >= 0.3 is 6.03 Å². The molecule has 0 radical (unpaired) electrons. The molecule has 0 fully saturated rings. The third-order valence-electron chi connectivity index (χ3n) is 1.48. The van der Waals surface area contributed by atoms with E-state index in [9.17, 15) is 9.59 Å². The Balaban J connectivity index is 2.56. The largest absolute Gasteiger partial charge is 0.351 e. The van der Waals surface area contributed by atoms with Crippen LogP contribution in [0.2, 0.25) is 0 Å². The molecule has 1 heterocycles. The van der Waals surface area contributed by atoms with E-state index >= 15 is 0 Å². The van der Waals surface area contributed by atoms with E-state index in [4.69, 9.17) is 5.73 Å². The summed E-state index contributed by atoms with van der Waals surface area (Å²) in [5.74, 6) is -0.476. The zero-order valence-electron chi connectivity index (χ0n) is 8.17. The van der Waals surface area contributed by atoms with E-state index in [2.05, 4.69) is 15.5 Å². The van der Waals surface area contributed by atoms with E-state index in [-0.39, 0.29) is 0 Å². The summed E-state index contributed by atoms with van der Waals surface area (Å²) in [4.78, 5) is 21.7. The molecule has 0 aliphatic carbocycles. The van der Waals surface area contributed by atoms with Gasteiger partial charge in [0.1, 0.15) is 0 Å². The third-order valence-corrected chi connectivity index (χ3v) is 2.60. The van der Waals surface area contributed by atoms with Crippen molar-refractivity contribution in [3.8, 4) is 0 Å². The topological polar surface area (TPSA) is 116 Å². The first-order valence-electron chi connectivity index (χ1n) is 4.00. The van der Waals surface area contributed by atoms with Crippen molar-refractivity contribution in [1.29, 1.82) is 0 Å². The number of imide groups is 1. The van der Waals surface area contributed by atoms with Gasteiger partial charge in [-0.2, -0.15) is 0 Å². The minimum absolute atomic E-state index is 0.476. The Labute approximate surface area is 89.6 Å². The third kappa shape index (κ3) is 3.20. The van der Waals surface area contributed by atoms with Crippen LogP contribution in [0.1, 0.15) is 6.92 Å². The van der Waals surface area contributed by atoms with Gasteiger partial charge in [0.15, 0.2) is 0 Å². The molecule has 1 aromatic rings. The molecule has 15 heavy (non-hydrogen) atoms. The zero-order valence-corrected chi connectivity index (χ0v) is 8.98. The summed E-state index contributed by atoms with van der Waals surface area (Å²) in [5, 5.41) is 12.7. The molecule has 0 bridgehead atoms. The van der Waals surface area contributed by atoms with Crippen molar-refractivity contribution < 1.29 is 9.59 Å². The molecule has 1 atom stereocenters. The first kappa shape index (κ1) is 11.4. The van der Waals surface area contributed by atoms with Gasteiger partial charge in [-0.1, -0.05) is 11.8 Å². The predicted octanol–water partition coefficient (Wildman–Crippen LogP) is -1.11. The minimum Gasteiger partial charge on any atom is -0.351 e. The molecule has 0 aromatic carbocycles. The summed E-state index contributed by atoms with van der Waals surface area (Å²) >= 11 is 1.13. The molecule has 0 spiro atoms. The maximum absolute atomic E-state index is 11.3. The Kier molecular flexibility index (Phi) is 3.61. The number of urea groups is 1. The van der Waals surface area contributed by atoms with Crippen molar-refractivity contribution >= 4 is 23.7 Å². The number of nitrogens with one attached hydrogen (secondary N) is 1. The molecule has 8 nitrogen and oxygen atoms in total. The summed E-state index contributed by atoms with van der Waals surface area (Å²) < 4.78 is 1.43. The molecule has 0 saturated carbocycles. The van der Waals surface area contributed by atoms with E-state index in [1.165, 1.54) is 4.68 Å². The highest BCUT2D eigenvalue weighted by molar-refractivity contribution is 8.00. The summed E-state index contributed by atoms with van der Waals surface area (Å²) in [6.07, 6.45) is 0. The predicted molar refractivity (Wildman–Crippen MR) is 51.8 cm³/mol. The van der Waals surface area contributed by atoms with Gasteiger partial charge in [0.05, 0.1) is 5.25 Å². The lowest BCUT2D eigenvalue weighted by Gasteiger charge is -2.07. The van der Waals surface area contributed by atoms with E-state index in [1.54, 1.807) is 14.0 Å². The maximum Gasteiger partial charge on any atom is 0.318 e. The van der Waals surface area contributed by atoms with Crippen molar-refractivity contribution in [2.24, 2.45) is 12.8 Å². The van der Waals surface area contributed by atoms with Gasteiger partial charge in [0, 0.05) is 7.05 Å². The second-order valence-electron chi connectivity index (χ2n) is 2.70. The summed E-state index contributed by atoms with van der Waals surface area (Å²) in [7, 11) is 1.65. The monoisotopic (exact) mass is 230 g/mol. The van der Waals surface area contributed by atoms with Crippen molar-refractivity contribution in [2.45, 2.75) is 17.3 Å². The number of hydrogen-bond acceptors (Lipinski definition) is 6. The zero-order chi connectivity index (χ0) is 11.4. The Morgan fingerprint density at radius 3 is 2.73 bits per heavy atom. The van der Waals surface area contributed by atoms with Crippen LogP contribution >= 0.6 is 11.8 Å². The smallest absolute Gasteiger partial charge is 0.318 e. The van der Waals surface area contributed by atoms with Gasteiger partial charge in [0.2, 0.25) is 11.1 Å². The fourth-order valence-electron chi connectivity index (χ4n) is 0.756. The quantitative estimate of drug-likeness (QED) is 0.636. The lowest BCUT2D eigenvalue weighted by atomic mass is 10.4. The van der Waals surface area contributed by atoms with Gasteiger partial charge in [-0.3, -0.25) is 10.1 Å². The number of thioether (sulfide) groups is 1. The number of rotatable bonds is 3. The minimum atomic E-state index is -0.872. The Bertz CT molecular complexity index is 377. The molecule has 82 valence electrons. The molecule has 3 N–H and O–H groups in total. The number of primary amides is 1. The molecule has 9 heteroatoms. The molecule has 3 amide bonds. The van der Waals surface area contributed by atoms with Crippen LogP contribution in [-0.2, 0) is 11.8 Å². The lowest BCUT2D eigenvalue weighted by Crippen LogP contribution is -2.39. The van der Waals surface area contributed by atoms with Crippen LogP contribution in [0, 0.1) is 0 Å². The summed E-state index contributed by atoms with van der Waals surface area (Å²) in [5.41, 5.74) is 4.81. The highest BCUT2D eigenvalue weighted by Crippen LogP contribution is 2.18. The maximum atomic E-state index is 11.3. The Morgan fingerprint density at radius 2 is 2.27 bits per heavy atom. The number of carbonyl (C=O) groups excluding carboxylic acids is 2. The van der Waals surface area contributed by atoms with Gasteiger partial charge in [-0.05, 0) is 17.4 Å². The summed E-state index contributed by atoms with van der Waals surface area (Å²) in [6, 6.07) is -0.872. The van der Waals surface area contributed by atoms with Crippen LogP contribution in [0.4, 0.5) is 4.79 Å². The molecule has 0 aliphatic heterocycles. The first-order chi connectivity index (χ1) is 7.00. The molecular formula is C6H10N6O2S. The van der Waals surface area contributed by atoms with Crippen molar-refractivity contribution in [3.63, 3.8) is 0 Å². The van der Waals surface area contributed by atoms with E-state index < -0.39 is 17.2 Å². The number of nitrogens with two attached hydrogens (primary N) is 1. The van der Waals surface area contributed by atoms with Crippen LogP contribution in [0.15, 0.2) is 5.16 Å². The molecule has 1 rings (SSSR count). The van der Waals surface area contributed by atoms with Crippen molar-refractivity contribution in [3.05, 3.63) is 0 Å². The lowest BCUT2D eigenvalue weighted by molar-refractivity contribution is -0.119. The fraction of sp³-hybridized carbons (Fsp3) is 0.500. The number of tetrazole rings is 1. The normalized spacial score (nSPS) is 12.1. The average molecular weight is 230 g/mol. The van der Waals surface area contributed by atoms with Crippen LogP contribution in [-0.4, -0.2) is 37.4 Å². The van der Waals surface area contributed by atoms with Gasteiger partial charge in [-0.15, -0.1) is 5.10 Å². The standard InChI is InChI=1S/C6H10N6O2S/c1-3(4(13)8-5(7)14)15-6-9-10-11-12(6)2/h3H,1-2H3,(H3,7,8,13,14).